The number of rotatable bonds is 1. The number of halogens is 2. The Morgan fingerprint density at radius 1 is 1.06 bits per heavy atom. The van der Waals surface area contributed by atoms with Crippen LogP contribution in [0.2, 0.25) is 0 Å². The van der Waals surface area contributed by atoms with Crippen molar-refractivity contribution in [2.45, 2.75) is 26.2 Å². The molecule has 0 amide bonds. The average molecular weight is 271 g/mol. The third kappa shape index (κ3) is 2.79. The first-order valence-corrected chi connectivity index (χ1v) is 7.37. The summed E-state index contributed by atoms with van der Waals surface area (Å²) in [5.74, 6) is 0.985. The van der Waals surface area contributed by atoms with Crippen molar-refractivity contribution in [1.29, 1.82) is 0 Å². The van der Waals surface area contributed by atoms with Gasteiger partial charge < -0.3 is 4.90 Å². The van der Waals surface area contributed by atoms with E-state index in [1.165, 1.54) is 12.1 Å². The van der Waals surface area contributed by atoms with Crippen LogP contribution >= 0.6 is 11.8 Å². The second-order valence-corrected chi connectivity index (χ2v) is 6.86. The van der Waals surface area contributed by atoms with Gasteiger partial charge in [-0.1, -0.05) is 20.8 Å². The SMILES string of the molecule is CC(C)(C)c1cc(F)c(N2CCSCC2)c(F)c1. The zero-order valence-corrected chi connectivity index (χ0v) is 11.9. The molecule has 18 heavy (non-hydrogen) atoms. The third-order valence-electron chi connectivity index (χ3n) is 3.21. The van der Waals surface area contributed by atoms with Crippen LogP contribution in [0.25, 0.3) is 0 Å². The molecule has 100 valence electrons. The fourth-order valence-electron chi connectivity index (χ4n) is 2.09. The molecule has 1 nitrogen and oxygen atoms in total. The standard InChI is InChI=1S/C14H19F2NS/c1-14(2,3)10-8-11(15)13(12(16)9-10)17-4-6-18-7-5-17/h8-9H,4-7H2,1-3H3. The molecule has 1 heterocycles. The summed E-state index contributed by atoms with van der Waals surface area (Å²) in [5.41, 5.74) is 0.605. The molecule has 2 rings (SSSR count). The highest BCUT2D eigenvalue weighted by Crippen LogP contribution is 2.31. The molecular weight excluding hydrogens is 252 g/mol. The molecule has 1 aromatic rings. The molecule has 0 bridgehead atoms. The number of hydrogen-bond donors (Lipinski definition) is 0. The molecule has 1 aliphatic heterocycles. The topological polar surface area (TPSA) is 3.24 Å². The molecule has 1 fully saturated rings. The molecule has 0 saturated carbocycles. The number of nitrogens with zero attached hydrogens (tertiary/aromatic N) is 1. The van der Waals surface area contributed by atoms with Gasteiger partial charge in [0.2, 0.25) is 0 Å². The highest BCUT2D eigenvalue weighted by Gasteiger charge is 2.23. The van der Waals surface area contributed by atoms with Crippen molar-refractivity contribution in [2.24, 2.45) is 0 Å². The zero-order valence-electron chi connectivity index (χ0n) is 11.1. The predicted octanol–water partition coefficient (Wildman–Crippen LogP) is 3.82. The average Bonchev–Trinajstić information content (AvgIpc) is 2.28. The first-order chi connectivity index (χ1) is 8.39. The Bertz CT molecular complexity index is 411. The fourth-order valence-corrected chi connectivity index (χ4v) is 2.99. The van der Waals surface area contributed by atoms with Crippen molar-refractivity contribution < 1.29 is 8.78 Å². The van der Waals surface area contributed by atoms with Crippen LogP contribution in [0.15, 0.2) is 12.1 Å². The first kappa shape index (κ1) is 13.7. The van der Waals surface area contributed by atoms with Gasteiger partial charge in [-0.3, -0.25) is 0 Å². The van der Waals surface area contributed by atoms with Crippen molar-refractivity contribution in [2.75, 3.05) is 29.5 Å². The van der Waals surface area contributed by atoms with Crippen LogP contribution < -0.4 is 4.90 Å². The molecule has 0 radical (unpaired) electrons. The van der Waals surface area contributed by atoms with E-state index in [1.54, 1.807) is 0 Å². The second-order valence-electron chi connectivity index (χ2n) is 5.64. The van der Waals surface area contributed by atoms with E-state index in [2.05, 4.69) is 0 Å². The van der Waals surface area contributed by atoms with Crippen LogP contribution in [0.4, 0.5) is 14.5 Å². The Labute approximate surface area is 112 Å². The van der Waals surface area contributed by atoms with E-state index >= 15 is 0 Å². The highest BCUT2D eigenvalue weighted by molar-refractivity contribution is 7.99. The number of benzene rings is 1. The van der Waals surface area contributed by atoms with Gasteiger partial charge in [-0.15, -0.1) is 0 Å². The Kier molecular flexibility index (Phi) is 3.85. The third-order valence-corrected chi connectivity index (χ3v) is 4.15. The van der Waals surface area contributed by atoms with Crippen molar-refractivity contribution in [3.8, 4) is 0 Å². The minimum Gasteiger partial charge on any atom is -0.365 e. The van der Waals surface area contributed by atoms with Gasteiger partial charge in [-0.2, -0.15) is 11.8 Å². The van der Waals surface area contributed by atoms with Gasteiger partial charge in [0.25, 0.3) is 0 Å². The molecule has 0 unspecified atom stereocenters. The summed E-state index contributed by atoms with van der Waals surface area (Å²) in [6.45, 7) is 7.30. The highest BCUT2D eigenvalue weighted by atomic mass is 32.2. The monoisotopic (exact) mass is 271 g/mol. The quantitative estimate of drug-likeness (QED) is 0.764. The minimum absolute atomic E-state index is 0.142. The minimum atomic E-state index is -0.438. The maximum Gasteiger partial charge on any atom is 0.149 e. The predicted molar refractivity (Wildman–Crippen MR) is 74.6 cm³/mol. The lowest BCUT2D eigenvalue weighted by atomic mass is 9.86. The van der Waals surface area contributed by atoms with E-state index in [0.29, 0.717) is 18.7 Å². The summed E-state index contributed by atoms with van der Waals surface area (Å²) in [5, 5.41) is 0. The molecule has 1 saturated heterocycles. The summed E-state index contributed by atoms with van der Waals surface area (Å²) in [6, 6.07) is 2.94. The van der Waals surface area contributed by atoms with Crippen LogP contribution in [-0.2, 0) is 5.41 Å². The van der Waals surface area contributed by atoms with Gasteiger partial charge >= 0.3 is 0 Å². The Hall–Kier alpha value is -0.770. The Morgan fingerprint density at radius 2 is 1.56 bits per heavy atom. The van der Waals surface area contributed by atoms with E-state index < -0.39 is 11.6 Å². The van der Waals surface area contributed by atoms with Crippen molar-refractivity contribution in [3.05, 3.63) is 29.3 Å². The molecule has 1 aromatic carbocycles. The van der Waals surface area contributed by atoms with Crippen LogP contribution in [0.5, 0.6) is 0 Å². The summed E-state index contributed by atoms with van der Waals surface area (Å²) in [4.78, 5) is 1.81. The van der Waals surface area contributed by atoms with Crippen molar-refractivity contribution in [1.82, 2.24) is 0 Å². The van der Waals surface area contributed by atoms with Crippen LogP contribution in [0.1, 0.15) is 26.3 Å². The van der Waals surface area contributed by atoms with E-state index in [0.717, 1.165) is 11.5 Å². The first-order valence-electron chi connectivity index (χ1n) is 6.22. The van der Waals surface area contributed by atoms with E-state index in [4.69, 9.17) is 0 Å². The van der Waals surface area contributed by atoms with Crippen molar-refractivity contribution >= 4 is 17.4 Å². The molecule has 4 heteroatoms. The van der Waals surface area contributed by atoms with Crippen LogP contribution in [0.3, 0.4) is 0 Å². The summed E-state index contributed by atoms with van der Waals surface area (Å²) < 4.78 is 28.3. The van der Waals surface area contributed by atoms with Gasteiger partial charge in [0.15, 0.2) is 0 Å². The van der Waals surface area contributed by atoms with Gasteiger partial charge in [-0.25, -0.2) is 8.78 Å². The maximum absolute atomic E-state index is 14.1. The number of thioether (sulfide) groups is 1. The fraction of sp³-hybridized carbons (Fsp3) is 0.571. The molecule has 0 N–H and O–H groups in total. The summed E-state index contributed by atoms with van der Waals surface area (Å²) in [6.07, 6.45) is 0. The number of hydrogen-bond acceptors (Lipinski definition) is 2. The summed E-state index contributed by atoms with van der Waals surface area (Å²) >= 11 is 1.83. The van der Waals surface area contributed by atoms with Crippen molar-refractivity contribution in [3.63, 3.8) is 0 Å². The van der Waals surface area contributed by atoms with Crippen LogP contribution in [0, 0.1) is 11.6 Å². The lowest BCUT2D eigenvalue weighted by Crippen LogP contribution is -2.34. The number of anilines is 1. The Balaban J connectivity index is 2.37. The lowest BCUT2D eigenvalue weighted by Gasteiger charge is -2.30. The molecule has 1 aliphatic rings. The van der Waals surface area contributed by atoms with Gasteiger partial charge in [0.1, 0.15) is 17.3 Å². The molecule has 0 atom stereocenters. The molecule has 0 aromatic heterocycles. The van der Waals surface area contributed by atoms with E-state index in [-0.39, 0.29) is 11.1 Å². The van der Waals surface area contributed by atoms with Crippen LogP contribution in [-0.4, -0.2) is 24.6 Å². The largest absolute Gasteiger partial charge is 0.365 e. The molecular formula is C14H19F2NS. The van der Waals surface area contributed by atoms with E-state index in [1.807, 2.05) is 37.4 Å². The second kappa shape index (κ2) is 5.08. The van der Waals surface area contributed by atoms with E-state index in [9.17, 15) is 8.78 Å². The molecule has 0 aliphatic carbocycles. The smallest absolute Gasteiger partial charge is 0.149 e. The normalized spacial score (nSPS) is 17.1. The zero-order chi connectivity index (χ0) is 13.3. The van der Waals surface area contributed by atoms with Gasteiger partial charge in [0, 0.05) is 24.6 Å². The van der Waals surface area contributed by atoms with Gasteiger partial charge in [-0.05, 0) is 23.1 Å². The summed E-state index contributed by atoms with van der Waals surface area (Å²) in [7, 11) is 0. The Morgan fingerprint density at radius 3 is 2.00 bits per heavy atom. The lowest BCUT2D eigenvalue weighted by molar-refractivity contribution is 0.540. The van der Waals surface area contributed by atoms with Gasteiger partial charge in [0.05, 0.1) is 0 Å². The molecule has 0 spiro atoms. The maximum atomic E-state index is 14.1.